The van der Waals surface area contributed by atoms with E-state index in [0.717, 1.165) is 17.3 Å². The fraction of sp³-hybridized carbons (Fsp3) is 0.308. The smallest absolute Gasteiger partial charge is 0.137 e. The molecule has 0 amide bonds. The molecular weight excluding hydrogens is 248 g/mol. The number of aromatic nitrogens is 2. The van der Waals surface area contributed by atoms with Crippen molar-refractivity contribution in [3.05, 3.63) is 41.7 Å². The molecule has 2 rings (SSSR count). The van der Waals surface area contributed by atoms with Crippen molar-refractivity contribution in [3.63, 3.8) is 0 Å². The van der Waals surface area contributed by atoms with E-state index in [4.69, 9.17) is 0 Å². The average Bonchev–Trinajstić information content (AvgIpc) is 2.85. The lowest BCUT2D eigenvalue weighted by molar-refractivity contribution is 1.26. The van der Waals surface area contributed by atoms with Crippen molar-refractivity contribution in [2.45, 2.75) is 11.5 Å². The molecule has 0 aliphatic heterocycles. The van der Waals surface area contributed by atoms with E-state index in [1.54, 1.807) is 6.20 Å². The molecule has 0 aliphatic carbocycles. The third-order valence-electron chi connectivity index (χ3n) is 2.54. The normalized spacial score (nSPS) is 10.7. The molecular formula is C13H16N2S2. The van der Waals surface area contributed by atoms with E-state index in [1.807, 2.05) is 29.7 Å². The average molecular weight is 264 g/mol. The van der Waals surface area contributed by atoms with Crippen molar-refractivity contribution in [1.82, 2.24) is 9.97 Å². The second kappa shape index (κ2) is 6.17. The summed E-state index contributed by atoms with van der Waals surface area (Å²) in [5.74, 6) is 3.04. The third-order valence-corrected chi connectivity index (χ3v) is 3.76. The van der Waals surface area contributed by atoms with Gasteiger partial charge in [0.05, 0.1) is 0 Å². The molecule has 2 aromatic rings. The highest BCUT2D eigenvalue weighted by molar-refractivity contribution is 7.98. The Morgan fingerprint density at radius 1 is 1.18 bits per heavy atom. The van der Waals surface area contributed by atoms with E-state index in [1.165, 1.54) is 16.7 Å². The Morgan fingerprint density at radius 2 is 2.00 bits per heavy atom. The highest BCUT2D eigenvalue weighted by atomic mass is 32.2. The standard InChI is InChI=1S/C13H16N2S2/c1-16-8-10-3-4-11(9-17-2)12(7-10)13-14-5-6-15-13/h3-7H,8-9H2,1-2H3,(H,14,15). The summed E-state index contributed by atoms with van der Waals surface area (Å²) in [6, 6.07) is 6.69. The van der Waals surface area contributed by atoms with Crippen molar-refractivity contribution in [2.24, 2.45) is 0 Å². The minimum Gasteiger partial charge on any atom is -0.345 e. The van der Waals surface area contributed by atoms with Gasteiger partial charge in [-0.25, -0.2) is 4.98 Å². The van der Waals surface area contributed by atoms with Gasteiger partial charge in [-0.3, -0.25) is 0 Å². The maximum absolute atomic E-state index is 4.36. The summed E-state index contributed by atoms with van der Waals surface area (Å²) in [6.45, 7) is 0. The summed E-state index contributed by atoms with van der Waals surface area (Å²) < 4.78 is 0. The van der Waals surface area contributed by atoms with Crippen LogP contribution in [-0.4, -0.2) is 22.5 Å². The first-order chi connectivity index (χ1) is 8.35. The van der Waals surface area contributed by atoms with Gasteiger partial charge in [0.15, 0.2) is 0 Å². The van der Waals surface area contributed by atoms with Gasteiger partial charge >= 0.3 is 0 Å². The van der Waals surface area contributed by atoms with Crippen LogP contribution < -0.4 is 0 Å². The minimum absolute atomic E-state index is 0.969. The maximum atomic E-state index is 4.36. The molecule has 4 heteroatoms. The van der Waals surface area contributed by atoms with Gasteiger partial charge in [-0.05, 0) is 29.7 Å². The molecule has 0 fully saturated rings. The summed E-state index contributed by atoms with van der Waals surface area (Å²) in [5.41, 5.74) is 3.93. The fourth-order valence-corrected chi connectivity index (χ4v) is 2.87. The molecule has 0 aliphatic rings. The Hall–Kier alpha value is -0.870. The van der Waals surface area contributed by atoms with Crippen LogP contribution in [0.25, 0.3) is 11.4 Å². The number of aromatic amines is 1. The van der Waals surface area contributed by atoms with E-state index in [0.29, 0.717) is 0 Å². The number of nitrogens with zero attached hydrogens (tertiary/aromatic N) is 1. The summed E-state index contributed by atoms with van der Waals surface area (Å²) in [4.78, 5) is 7.55. The molecule has 0 saturated heterocycles. The lowest BCUT2D eigenvalue weighted by Crippen LogP contribution is -1.92. The van der Waals surface area contributed by atoms with Crippen molar-refractivity contribution in [1.29, 1.82) is 0 Å². The number of H-pyrrole nitrogens is 1. The van der Waals surface area contributed by atoms with Gasteiger partial charge in [-0.15, -0.1) is 0 Å². The van der Waals surface area contributed by atoms with Gasteiger partial charge in [0, 0.05) is 29.5 Å². The Balaban J connectivity index is 2.40. The molecule has 0 saturated carbocycles. The molecule has 0 unspecified atom stereocenters. The zero-order chi connectivity index (χ0) is 12.1. The van der Waals surface area contributed by atoms with Crippen LogP contribution in [0.2, 0.25) is 0 Å². The summed E-state index contributed by atoms with van der Waals surface area (Å²) >= 11 is 3.68. The van der Waals surface area contributed by atoms with Crippen molar-refractivity contribution in [3.8, 4) is 11.4 Å². The van der Waals surface area contributed by atoms with Crippen LogP contribution in [0.4, 0.5) is 0 Å². The second-order valence-electron chi connectivity index (χ2n) is 3.80. The lowest BCUT2D eigenvalue weighted by atomic mass is 10.1. The van der Waals surface area contributed by atoms with Crippen molar-refractivity contribution >= 4 is 23.5 Å². The van der Waals surface area contributed by atoms with Gasteiger partial charge in [0.2, 0.25) is 0 Å². The highest BCUT2D eigenvalue weighted by Crippen LogP contribution is 2.26. The predicted molar refractivity (Wildman–Crippen MR) is 78.5 cm³/mol. The zero-order valence-electron chi connectivity index (χ0n) is 10.1. The Labute approximate surface area is 111 Å². The summed E-state index contributed by atoms with van der Waals surface area (Å²) in [5, 5.41) is 0. The van der Waals surface area contributed by atoms with E-state index in [-0.39, 0.29) is 0 Å². The molecule has 2 nitrogen and oxygen atoms in total. The first-order valence-electron chi connectivity index (χ1n) is 5.44. The molecule has 0 spiro atoms. The van der Waals surface area contributed by atoms with Crippen LogP contribution >= 0.6 is 23.5 Å². The molecule has 0 bridgehead atoms. The predicted octanol–water partition coefficient (Wildman–Crippen LogP) is 3.80. The van der Waals surface area contributed by atoms with Crippen molar-refractivity contribution < 1.29 is 0 Å². The molecule has 0 radical (unpaired) electrons. The number of benzene rings is 1. The third kappa shape index (κ3) is 3.07. The number of nitrogens with one attached hydrogen (secondary N) is 1. The van der Waals surface area contributed by atoms with Crippen LogP contribution in [-0.2, 0) is 11.5 Å². The maximum Gasteiger partial charge on any atom is 0.137 e. The molecule has 17 heavy (non-hydrogen) atoms. The largest absolute Gasteiger partial charge is 0.345 e. The number of thioether (sulfide) groups is 2. The first kappa shape index (κ1) is 12.6. The van der Waals surface area contributed by atoms with Gasteiger partial charge in [0.25, 0.3) is 0 Å². The van der Waals surface area contributed by atoms with Gasteiger partial charge in [-0.2, -0.15) is 23.5 Å². The SMILES string of the molecule is CSCc1ccc(CSC)c(-c2ncc[nH]2)c1. The van der Waals surface area contributed by atoms with Crippen LogP contribution in [0.5, 0.6) is 0 Å². The van der Waals surface area contributed by atoms with Crippen LogP contribution in [0.3, 0.4) is 0 Å². The first-order valence-corrected chi connectivity index (χ1v) is 8.23. The lowest BCUT2D eigenvalue weighted by Gasteiger charge is -2.09. The van der Waals surface area contributed by atoms with Crippen molar-refractivity contribution in [2.75, 3.05) is 12.5 Å². The van der Waals surface area contributed by atoms with Gasteiger partial charge in [0.1, 0.15) is 5.82 Å². The van der Waals surface area contributed by atoms with Crippen LogP contribution in [0.15, 0.2) is 30.6 Å². The van der Waals surface area contributed by atoms with E-state index in [9.17, 15) is 0 Å². The van der Waals surface area contributed by atoms with E-state index in [2.05, 4.69) is 40.7 Å². The summed E-state index contributed by atoms with van der Waals surface area (Å²) in [7, 11) is 0. The second-order valence-corrected chi connectivity index (χ2v) is 5.53. The van der Waals surface area contributed by atoms with E-state index >= 15 is 0 Å². The quantitative estimate of drug-likeness (QED) is 0.890. The Bertz CT molecular complexity index is 466. The van der Waals surface area contributed by atoms with Crippen LogP contribution in [0, 0.1) is 0 Å². The molecule has 0 atom stereocenters. The summed E-state index contributed by atoms with van der Waals surface area (Å²) in [6.07, 6.45) is 7.93. The highest BCUT2D eigenvalue weighted by Gasteiger charge is 2.08. The number of hydrogen-bond donors (Lipinski definition) is 1. The van der Waals surface area contributed by atoms with Gasteiger partial charge < -0.3 is 4.98 Å². The number of rotatable bonds is 5. The molecule has 1 heterocycles. The molecule has 90 valence electrons. The van der Waals surface area contributed by atoms with Crippen LogP contribution in [0.1, 0.15) is 11.1 Å². The molecule has 1 aromatic heterocycles. The fourth-order valence-electron chi connectivity index (χ4n) is 1.79. The van der Waals surface area contributed by atoms with Gasteiger partial charge in [-0.1, -0.05) is 12.1 Å². The number of imidazole rings is 1. The Morgan fingerprint density at radius 3 is 2.65 bits per heavy atom. The Kier molecular flexibility index (Phi) is 4.57. The molecule has 1 aromatic carbocycles. The topological polar surface area (TPSA) is 28.7 Å². The monoisotopic (exact) mass is 264 g/mol. The molecule has 1 N–H and O–H groups in total. The van der Waals surface area contributed by atoms with E-state index < -0.39 is 0 Å². The zero-order valence-corrected chi connectivity index (χ0v) is 11.7. The minimum atomic E-state index is 0.969. The number of hydrogen-bond acceptors (Lipinski definition) is 3.